The smallest absolute Gasteiger partial charge is 0.182 e. The number of rotatable bonds is 3. The highest BCUT2D eigenvalue weighted by atomic mass is 35.5. The van der Waals surface area contributed by atoms with Gasteiger partial charge in [0.2, 0.25) is 0 Å². The van der Waals surface area contributed by atoms with Crippen molar-refractivity contribution in [1.82, 2.24) is 25.5 Å². The summed E-state index contributed by atoms with van der Waals surface area (Å²) < 4.78 is 0. The Morgan fingerprint density at radius 3 is 2.87 bits per heavy atom. The molecule has 154 valence electrons. The number of hydrogen-bond acceptors (Lipinski definition) is 8. The molecule has 0 saturated carbocycles. The fourth-order valence-electron chi connectivity index (χ4n) is 4.51. The van der Waals surface area contributed by atoms with E-state index >= 15 is 0 Å². The molecule has 7 nitrogen and oxygen atoms in total. The first-order valence-electron chi connectivity index (χ1n) is 9.93. The predicted molar refractivity (Wildman–Crippen MR) is 118 cm³/mol. The molecule has 1 spiro atoms. The van der Waals surface area contributed by atoms with E-state index in [1.54, 1.807) is 18.5 Å². The number of halogens is 1. The molecule has 1 fully saturated rings. The quantitative estimate of drug-likeness (QED) is 0.569. The van der Waals surface area contributed by atoms with E-state index in [1.807, 2.05) is 0 Å². The van der Waals surface area contributed by atoms with Gasteiger partial charge in [-0.3, -0.25) is 0 Å². The Hall–Kier alpha value is -2.26. The molecule has 0 radical (unpaired) electrons. The molecule has 5 rings (SSSR count). The summed E-state index contributed by atoms with van der Waals surface area (Å²) in [5, 5.41) is 12.9. The number of hydrogen-bond donors (Lipinski definition) is 3. The highest BCUT2D eigenvalue weighted by Crippen LogP contribution is 2.50. The molecule has 0 bridgehead atoms. The Bertz CT molecular complexity index is 1100. The molecule has 30 heavy (non-hydrogen) atoms. The minimum atomic E-state index is 0.0404. The molecule has 1 aliphatic carbocycles. The van der Waals surface area contributed by atoms with Crippen molar-refractivity contribution in [1.29, 1.82) is 0 Å². The number of fused-ring (bicyclic) bond motifs is 1. The van der Waals surface area contributed by atoms with Gasteiger partial charge in [-0.2, -0.15) is 5.10 Å². The first-order chi connectivity index (χ1) is 14.6. The topological polar surface area (TPSA) is 116 Å². The van der Waals surface area contributed by atoms with E-state index in [2.05, 4.69) is 43.7 Å². The van der Waals surface area contributed by atoms with Crippen molar-refractivity contribution < 1.29 is 0 Å². The SMILES string of the molecule is Nc1nccc(Sc2cnnc(-c3ccc4c(c3)C(N)C3(CCNCC3)C4)n2)c1Cl. The fraction of sp³-hybridized carbons (Fsp3) is 0.333. The highest BCUT2D eigenvalue weighted by molar-refractivity contribution is 7.99. The lowest BCUT2D eigenvalue weighted by molar-refractivity contribution is 0.174. The highest BCUT2D eigenvalue weighted by Gasteiger charge is 2.44. The van der Waals surface area contributed by atoms with Crippen LogP contribution in [0.15, 0.2) is 46.6 Å². The Morgan fingerprint density at radius 1 is 1.20 bits per heavy atom. The Balaban J connectivity index is 1.44. The number of nitrogen functional groups attached to an aromatic ring is 1. The molecule has 1 aliphatic heterocycles. The van der Waals surface area contributed by atoms with Gasteiger partial charge in [-0.15, -0.1) is 5.10 Å². The lowest BCUT2D eigenvalue weighted by Crippen LogP contribution is -2.42. The minimum Gasteiger partial charge on any atom is -0.382 e. The van der Waals surface area contributed by atoms with Gasteiger partial charge < -0.3 is 16.8 Å². The van der Waals surface area contributed by atoms with Crippen LogP contribution in [0.4, 0.5) is 5.82 Å². The van der Waals surface area contributed by atoms with Crippen LogP contribution in [0.5, 0.6) is 0 Å². The van der Waals surface area contributed by atoms with E-state index in [9.17, 15) is 0 Å². The number of pyridine rings is 1. The van der Waals surface area contributed by atoms with Crippen LogP contribution in [0, 0.1) is 5.41 Å². The van der Waals surface area contributed by atoms with Crippen molar-refractivity contribution in [2.45, 2.75) is 35.2 Å². The molecule has 1 unspecified atom stereocenters. The van der Waals surface area contributed by atoms with Gasteiger partial charge in [-0.1, -0.05) is 35.5 Å². The summed E-state index contributed by atoms with van der Waals surface area (Å²) in [5.74, 6) is 0.864. The minimum absolute atomic E-state index is 0.0404. The Morgan fingerprint density at radius 2 is 2.03 bits per heavy atom. The summed E-state index contributed by atoms with van der Waals surface area (Å²) in [6.07, 6.45) is 6.50. The van der Waals surface area contributed by atoms with Crippen LogP contribution in [0.25, 0.3) is 11.4 Å². The van der Waals surface area contributed by atoms with Gasteiger partial charge in [0.25, 0.3) is 0 Å². The number of aromatic nitrogens is 4. The molecule has 1 aromatic carbocycles. The second kappa shape index (κ2) is 7.77. The molecule has 2 aliphatic rings. The molecule has 1 atom stereocenters. The summed E-state index contributed by atoms with van der Waals surface area (Å²) in [5.41, 5.74) is 16.2. The summed E-state index contributed by atoms with van der Waals surface area (Å²) in [6.45, 7) is 2.06. The molecular weight excluding hydrogens is 418 g/mol. The number of benzene rings is 1. The maximum absolute atomic E-state index is 6.75. The van der Waals surface area contributed by atoms with Crippen molar-refractivity contribution in [2.24, 2.45) is 11.1 Å². The van der Waals surface area contributed by atoms with E-state index in [4.69, 9.17) is 23.1 Å². The maximum Gasteiger partial charge on any atom is 0.182 e. The molecule has 3 heterocycles. The molecule has 3 aromatic rings. The van der Waals surface area contributed by atoms with Crippen molar-refractivity contribution in [2.75, 3.05) is 18.8 Å². The fourth-order valence-corrected chi connectivity index (χ4v) is 5.52. The van der Waals surface area contributed by atoms with Crippen molar-refractivity contribution >= 4 is 29.2 Å². The lowest BCUT2D eigenvalue weighted by atomic mass is 9.73. The molecule has 5 N–H and O–H groups in total. The summed E-state index contributed by atoms with van der Waals surface area (Å²) in [7, 11) is 0. The molecule has 0 amide bonds. The molecular formula is C21H22ClN7S. The van der Waals surface area contributed by atoms with E-state index in [0.29, 0.717) is 21.7 Å². The molecule has 2 aromatic heterocycles. The van der Waals surface area contributed by atoms with Crippen molar-refractivity contribution in [3.63, 3.8) is 0 Å². The average molecular weight is 440 g/mol. The second-order valence-corrected chi connectivity index (χ2v) is 9.35. The monoisotopic (exact) mass is 439 g/mol. The number of nitrogens with two attached hydrogens (primary N) is 2. The number of nitrogens with one attached hydrogen (secondary N) is 1. The van der Waals surface area contributed by atoms with Crippen molar-refractivity contribution in [3.05, 3.63) is 52.8 Å². The average Bonchev–Trinajstić information content (AvgIpc) is 3.03. The van der Waals surface area contributed by atoms with E-state index in [-0.39, 0.29) is 11.5 Å². The standard InChI is InChI=1S/C21H22ClN7S/c22-17-15(3-6-26-19(17)24)30-16-11-27-29-20(28-16)12-1-2-13-10-21(4-7-25-8-5-21)18(23)14(13)9-12/h1-3,6,9,11,18,25H,4-5,7-8,10,23H2,(H2,24,26). The largest absolute Gasteiger partial charge is 0.382 e. The van der Waals surface area contributed by atoms with Gasteiger partial charge in [0.1, 0.15) is 10.8 Å². The number of nitrogens with zero attached hydrogens (tertiary/aromatic N) is 4. The Labute approximate surface area is 184 Å². The van der Waals surface area contributed by atoms with Crippen LogP contribution in [0.1, 0.15) is 30.0 Å². The first-order valence-corrected chi connectivity index (χ1v) is 11.1. The van der Waals surface area contributed by atoms with Crippen LogP contribution < -0.4 is 16.8 Å². The normalized spacial score (nSPS) is 19.7. The third-order valence-corrected chi connectivity index (χ3v) is 7.65. The predicted octanol–water partition coefficient (Wildman–Crippen LogP) is 3.25. The Kier molecular flexibility index (Phi) is 5.10. The summed E-state index contributed by atoms with van der Waals surface area (Å²) in [6, 6.07) is 8.22. The van der Waals surface area contributed by atoms with Gasteiger partial charge in [-0.25, -0.2) is 9.97 Å². The van der Waals surface area contributed by atoms with Crippen LogP contribution >= 0.6 is 23.4 Å². The first kappa shape index (κ1) is 19.7. The van der Waals surface area contributed by atoms with Gasteiger partial charge >= 0.3 is 0 Å². The number of anilines is 1. The zero-order chi connectivity index (χ0) is 20.7. The van der Waals surface area contributed by atoms with Gasteiger partial charge in [-0.05, 0) is 61.0 Å². The van der Waals surface area contributed by atoms with E-state index in [1.165, 1.54) is 22.9 Å². The maximum atomic E-state index is 6.75. The van der Waals surface area contributed by atoms with Crippen molar-refractivity contribution in [3.8, 4) is 11.4 Å². The summed E-state index contributed by atoms with van der Waals surface area (Å²) in [4.78, 5) is 9.45. The van der Waals surface area contributed by atoms with Gasteiger partial charge in [0, 0.05) is 22.7 Å². The van der Waals surface area contributed by atoms with Crippen LogP contribution in [0.3, 0.4) is 0 Å². The van der Waals surface area contributed by atoms with Crippen LogP contribution in [-0.4, -0.2) is 33.3 Å². The summed E-state index contributed by atoms with van der Waals surface area (Å²) >= 11 is 7.64. The van der Waals surface area contributed by atoms with Crippen LogP contribution in [-0.2, 0) is 6.42 Å². The van der Waals surface area contributed by atoms with E-state index in [0.717, 1.165) is 42.8 Å². The van der Waals surface area contributed by atoms with Gasteiger partial charge in [0.05, 0.1) is 11.2 Å². The lowest BCUT2D eigenvalue weighted by Gasteiger charge is -2.37. The van der Waals surface area contributed by atoms with E-state index < -0.39 is 0 Å². The van der Waals surface area contributed by atoms with Gasteiger partial charge in [0.15, 0.2) is 5.82 Å². The van der Waals surface area contributed by atoms with Crippen LogP contribution in [0.2, 0.25) is 5.02 Å². The number of piperidine rings is 1. The third kappa shape index (κ3) is 3.43. The molecule has 9 heteroatoms. The second-order valence-electron chi connectivity index (χ2n) is 7.91. The third-order valence-electron chi connectivity index (χ3n) is 6.17. The molecule has 1 saturated heterocycles. The zero-order valence-corrected chi connectivity index (χ0v) is 17.9. The zero-order valence-electron chi connectivity index (χ0n) is 16.3.